The molecule has 2 unspecified atom stereocenters. The molecule has 1 aromatic carbocycles. The topological polar surface area (TPSA) is 143 Å². The normalized spacial score (nSPS) is 17.5. The maximum Gasteiger partial charge on any atom is 0.251 e. The zero-order chi connectivity index (χ0) is 24.4. The summed E-state index contributed by atoms with van der Waals surface area (Å²) in [5.41, 5.74) is 7.41. The maximum absolute atomic E-state index is 12.6. The number of halogens is 1. The summed E-state index contributed by atoms with van der Waals surface area (Å²) in [6.07, 6.45) is 2.50. The fourth-order valence-electron chi connectivity index (χ4n) is 4.03. The van der Waals surface area contributed by atoms with E-state index in [1.807, 2.05) is 24.3 Å². The van der Waals surface area contributed by atoms with Gasteiger partial charge in [-0.3, -0.25) is 9.59 Å². The summed E-state index contributed by atoms with van der Waals surface area (Å²) in [5.74, 6) is -0.813. The lowest BCUT2D eigenvalue weighted by molar-refractivity contribution is -0.123. The van der Waals surface area contributed by atoms with Crippen molar-refractivity contribution in [1.29, 1.82) is 0 Å². The average Bonchev–Trinajstić information content (AvgIpc) is 2.79. The van der Waals surface area contributed by atoms with E-state index in [0.29, 0.717) is 11.5 Å². The number of anilines is 1. The second-order valence-corrected chi connectivity index (χ2v) is 11.2. The minimum absolute atomic E-state index is 0. The lowest BCUT2D eigenvalue weighted by Crippen LogP contribution is -2.57. The summed E-state index contributed by atoms with van der Waals surface area (Å²) in [6.45, 7) is 2.67. The number of pyridine rings is 1. The number of aromatic nitrogens is 1. The van der Waals surface area contributed by atoms with Gasteiger partial charge in [0.2, 0.25) is 5.91 Å². The van der Waals surface area contributed by atoms with Gasteiger partial charge in [0.25, 0.3) is 5.56 Å². The van der Waals surface area contributed by atoms with E-state index >= 15 is 0 Å². The SMILES string of the molecule is CC(C(N)=O)(C(O)Cn1ccc(-c2ccc(N3CCC(CO)CC3)cc2)cc1=O)S(C)(=O)=O.Cl. The number of aliphatic hydroxyl groups is 2. The minimum Gasteiger partial charge on any atom is -0.396 e. The quantitative estimate of drug-likeness (QED) is 0.473. The Morgan fingerprint density at radius 2 is 1.76 bits per heavy atom. The van der Waals surface area contributed by atoms with Gasteiger partial charge in [-0.1, -0.05) is 12.1 Å². The third kappa shape index (κ3) is 5.63. The summed E-state index contributed by atoms with van der Waals surface area (Å²) >= 11 is 0. The van der Waals surface area contributed by atoms with Crippen LogP contribution in [0.3, 0.4) is 0 Å². The Morgan fingerprint density at radius 1 is 1.18 bits per heavy atom. The number of hydrogen-bond acceptors (Lipinski definition) is 7. The van der Waals surface area contributed by atoms with Gasteiger partial charge in [0.05, 0.1) is 6.54 Å². The molecule has 1 fully saturated rings. The first-order chi connectivity index (χ1) is 15.5. The highest BCUT2D eigenvalue weighted by atomic mass is 35.5. The first-order valence-corrected chi connectivity index (χ1v) is 12.7. The third-order valence-corrected chi connectivity index (χ3v) is 8.71. The van der Waals surface area contributed by atoms with Crippen LogP contribution >= 0.6 is 12.4 Å². The predicted octanol–water partition coefficient (Wildman–Crippen LogP) is 0.795. The van der Waals surface area contributed by atoms with Crippen molar-refractivity contribution in [2.75, 3.05) is 30.9 Å². The molecule has 0 aliphatic carbocycles. The molecule has 1 saturated heterocycles. The molecule has 1 aliphatic heterocycles. The van der Waals surface area contributed by atoms with Gasteiger partial charge in [0.1, 0.15) is 6.10 Å². The first kappa shape index (κ1) is 27.8. The molecule has 2 atom stereocenters. The van der Waals surface area contributed by atoms with E-state index in [9.17, 15) is 28.2 Å². The van der Waals surface area contributed by atoms with Crippen LogP contribution in [0.2, 0.25) is 0 Å². The zero-order valence-electron chi connectivity index (χ0n) is 19.3. The van der Waals surface area contributed by atoms with Crippen molar-refractivity contribution in [3.8, 4) is 11.1 Å². The molecule has 1 aromatic heterocycles. The van der Waals surface area contributed by atoms with Crippen LogP contribution in [0, 0.1) is 5.92 Å². The highest BCUT2D eigenvalue weighted by molar-refractivity contribution is 7.92. The van der Waals surface area contributed by atoms with Crippen LogP contribution in [-0.2, 0) is 21.2 Å². The fraction of sp³-hybridized carbons (Fsp3) is 0.478. The van der Waals surface area contributed by atoms with Crippen molar-refractivity contribution in [1.82, 2.24) is 4.57 Å². The van der Waals surface area contributed by atoms with Gasteiger partial charge in [-0.15, -0.1) is 12.4 Å². The number of carbonyl (C=O) groups excluding carboxylic acids is 1. The largest absolute Gasteiger partial charge is 0.396 e. The smallest absolute Gasteiger partial charge is 0.251 e. The fourth-order valence-corrected chi connectivity index (χ4v) is 4.97. The van der Waals surface area contributed by atoms with Gasteiger partial charge in [0, 0.05) is 43.9 Å². The summed E-state index contributed by atoms with van der Waals surface area (Å²) < 4.78 is 23.1. The van der Waals surface area contributed by atoms with E-state index in [2.05, 4.69) is 4.90 Å². The van der Waals surface area contributed by atoms with Crippen molar-refractivity contribution in [3.63, 3.8) is 0 Å². The number of nitrogens with zero attached hydrogens (tertiary/aromatic N) is 2. The number of sulfone groups is 1. The molecule has 1 amide bonds. The Balaban J connectivity index is 0.00000408. The number of rotatable bonds is 8. The summed E-state index contributed by atoms with van der Waals surface area (Å²) in [7, 11) is -4.02. The number of aliphatic hydroxyl groups excluding tert-OH is 2. The molecule has 2 heterocycles. The predicted molar refractivity (Wildman–Crippen MR) is 134 cm³/mol. The number of benzene rings is 1. The maximum atomic E-state index is 12.6. The van der Waals surface area contributed by atoms with E-state index in [1.165, 1.54) is 12.3 Å². The van der Waals surface area contributed by atoms with Crippen molar-refractivity contribution in [3.05, 3.63) is 52.9 Å². The van der Waals surface area contributed by atoms with Crippen LogP contribution in [0.5, 0.6) is 0 Å². The van der Waals surface area contributed by atoms with Crippen LogP contribution in [0.4, 0.5) is 5.69 Å². The van der Waals surface area contributed by atoms with Crippen molar-refractivity contribution < 1.29 is 23.4 Å². The Morgan fingerprint density at radius 3 is 2.24 bits per heavy atom. The molecule has 2 aromatic rings. The third-order valence-electron chi connectivity index (χ3n) is 6.70. The number of primary amides is 1. The molecule has 0 bridgehead atoms. The second kappa shape index (κ2) is 10.9. The number of amides is 1. The van der Waals surface area contributed by atoms with Crippen molar-refractivity contribution in [2.24, 2.45) is 11.7 Å². The Bertz CT molecular complexity index is 1160. The molecule has 9 nitrogen and oxygen atoms in total. The number of nitrogens with two attached hydrogens (primary N) is 1. The second-order valence-electron chi connectivity index (χ2n) is 8.83. The first-order valence-electron chi connectivity index (χ1n) is 10.8. The average molecular weight is 514 g/mol. The number of carbonyl (C=O) groups is 1. The molecule has 1 aliphatic rings. The van der Waals surface area contributed by atoms with Crippen LogP contribution < -0.4 is 16.2 Å². The number of piperidine rings is 1. The van der Waals surface area contributed by atoms with E-state index in [1.54, 1.807) is 6.07 Å². The van der Waals surface area contributed by atoms with Crippen LogP contribution in [0.15, 0.2) is 47.4 Å². The molecule has 0 radical (unpaired) electrons. The van der Waals surface area contributed by atoms with Gasteiger partial charge in [-0.2, -0.15) is 0 Å². The monoisotopic (exact) mass is 513 g/mol. The molecule has 3 rings (SSSR count). The van der Waals surface area contributed by atoms with Crippen LogP contribution in [0.25, 0.3) is 11.1 Å². The molecule has 34 heavy (non-hydrogen) atoms. The highest BCUT2D eigenvalue weighted by Gasteiger charge is 2.48. The molecule has 0 saturated carbocycles. The Kier molecular flexibility index (Phi) is 8.92. The lowest BCUT2D eigenvalue weighted by atomic mass is 9.97. The van der Waals surface area contributed by atoms with Crippen LogP contribution in [0.1, 0.15) is 19.8 Å². The van der Waals surface area contributed by atoms with Gasteiger partial charge in [0.15, 0.2) is 14.6 Å². The molecule has 0 spiro atoms. The van der Waals surface area contributed by atoms with Gasteiger partial charge < -0.3 is 25.4 Å². The van der Waals surface area contributed by atoms with Gasteiger partial charge in [-0.05, 0) is 55.0 Å². The number of hydrogen-bond donors (Lipinski definition) is 3. The van der Waals surface area contributed by atoms with Crippen molar-refractivity contribution in [2.45, 2.75) is 37.2 Å². The lowest BCUT2D eigenvalue weighted by Gasteiger charge is -2.33. The zero-order valence-corrected chi connectivity index (χ0v) is 20.9. The summed E-state index contributed by atoms with van der Waals surface area (Å²) in [4.78, 5) is 26.7. The van der Waals surface area contributed by atoms with Crippen LogP contribution in [-0.4, -0.2) is 65.9 Å². The molecular weight excluding hydrogens is 482 g/mol. The van der Waals surface area contributed by atoms with E-state index in [-0.39, 0.29) is 19.0 Å². The van der Waals surface area contributed by atoms with E-state index in [0.717, 1.165) is 54.9 Å². The Hall–Kier alpha value is -2.40. The van der Waals surface area contributed by atoms with Crippen molar-refractivity contribution >= 4 is 33.8 Å². The molecule has 188 valence electrons. The van der Waals surface area contributed by atoms with Gasteiger partial charge in [-0.25, -0.2) is 8.42 Å². The summed E-state index contributed by atoms with van der Waals surface area (Å²) in [6, 6.07) is 10.9. The standard InChI is InChI=1S/C23H31N3O6S.ClH/c1-23(22(24)30,33(2,31)32)20(28)14-26-12-9-18(13-21(26)29)17-3-5-19(6-4-17)25-10-7-16(15-27)8-11-25;/h3-6,9,12-13,16,20,27-28H,7-8,10-11,14-15H2,1-2H3,(H2,24,30);1H. The molecular formula is C23H32ClN3O6S. The molecule has 4 N–H and O–H groups in total. The van der Waals surface area contributed by atoms with E-state index in [4.69, 9.17) is 5.73 Å². The summed E-state index contributed by atoms with van der Waals surface area (Å²) in [5, 5.41) is 19.8. The highest BCUT2D eigenvalue weighted by Crippen LogP contribution is 2.26. The Labute approximate surface area is 205 Å². The minimum atomic E-state index is -4.02. The molecule has 11 heteroatoms. The van der Waals surface area contributed by atoms with Gasteiger partial charge >= 0.3 is 0 Å². The van der Waals surface area contributed by atoms with E-state index < -0.39 is 38.7 Å².